The average molecular weight is 724 g/mol. The zero-order valence-corrected chi connectivity index (χ0v) is 31.2. The van der Waals surface area contributed by atoms with Gasteiger partial charge in [-0.3, -0.25) is 10.1 Å². The van der Waals surface area contributed by atoms with E-state index >= 15 is 0 Å². The van der Waals surface area contributed by atoms with Crippen molar-refractivity contribution in [2.75, 3.05) is 39.1 Å². The van der Waals surface area contributed by atoms with Gasteiger partial charge in [0.1, 0.15) is 22.8 Å². The first-order valence-corrected chi connectivity index (χ1v) is 18.5. The lowest BCUT2D eigenvalue weighted by Crippen LogP contribution is -2.43. The molecule has 0 aliphatic carbocycles. The van der Waals surface area contributed by atoms with Gasteiger partial charge in [-0.2, -0.15) is 5.10 Å². The fourth-order valence-corrected chi connectivity index (χ4v) is 7.69. The number of nitrogens with zero attached hydrogens (tertiary/aromatic N) is 6. The van der Waals surface area contributed by atoms with Crippen LogP contribution >= 0.6 is 11.3 Å². The number of aromatic nitrogens is 4. The third kappa shape index (κ3) is 8.21. The molecule has 13 heteroatoms. The predicted molar refractivity (Wildman–Crippen MR) is 200 cm³/mol. The van der Waals surface area contributed by atoms with Crippen LogP contribution in [-0.4, -0.2) is 80.9 Å². The maximum absolute atomic E-state index is 13.1. The zero-order valence-electron chi connectivity index (χ0n) is 30.3. The quantitative estimate of drug-likeness (QED) is 0.169. The maximum Gasteiger partial charge on any atom is 0.410 e. The third-order valence-corrected chi connectivity index (χ3v) is 10.4. The molecule has 0 saturated carbocycles. The molecular weight excluding hydrogens is 679 g/mol. The fourth-order valence-electron chi connectivity index (χ4n) is 6.74. The van der Waals surface area contributed by atoms with Crippen molar-refractivity contribution in [3.05, 3.63) is 88.2 Å². The molecular formula is C39H45N7O5S. The lowest BCUT2D eigenvalue weighted by Gasteiger charge is -2.34. The van der Waals surface area contributed by atoms with E-state index in [2.05, 4.69) is 22.2 Å². The highest BCUT2D eigenvalue weighted by molar-refractivity contribution is 7.15. The molecule has 1 fully saturated rings. The summed E-state index contributed by atoms with van der Waals surface area (Å²) in [5, 5.41) is 9.52. The number of amides is 2. The first-order chi connectivity index (χ1) is 25.0. The molecule has 0 unspecified atom stereocenters. The van der Waals surface area contributed by atoms with E-state index in [0.29, 0.717) is 53.9 Å². The van der Waals surface area contributed by atoms with Gasteiger partial charge in [-0.1, -0.05) is 12.1 Å². The first kappa shape index (κ1) is 35.4. The minimum absolute atomic E-state index is 0.184. The fraction of sp³-hybridized carbons (Fsp3) is 0.410. The number of likely N-dealkylation sites (tertiary alicyclic amines) is 1. The van der Waals surface area contributed by atoms with Crippen molar-refractivity contribution < 1.29 is 23.8 Å². The standard InChI is InChI=1S/C39H45N7O5S/c1-39(2,3)51-38(48)45-19-6-7-26(22-45)21-30-34-32(16-18-40-35(34)46(43-30)23-25-8-12-28(49-5)13-9-25)50-29-14-10-27(11-15-29)36(47)42-37-41-31-24-44(4)20-17-33(31)52-37/h8-16,18,26H,6-7,17,19-24H2,1-5H3,(H,41,42,47)/t26-/m0/s1. The number of thiazole rings is 1. The molecule has 0 bridgehead atoms. The molecule has 7 rings (SSSR count). The molecule has 0 spiro atoms. The number of fused-ring (bicyclic) bond motifs is 2. The number of rotatable bonds is 9. The highest BCUT2D eigenvalue weighted by Gasteiger charge is 2.30. The van der Waals surface area contributed by atoms with E-state index in [1.165, 1.54) is 4.88 Å². The number of ether oxygens (including phenoxy) is 3. The van der Waals surface area contributed by atoms with Crippen molar-refractivity contribution >= 4 is 39.5 Å². The zero-order chi connectivity index (χ0) is 36.4. The smallest absolute Gasteiger partial charge is 0.410 e. The molecule has 52 heavy (non-hydrogen) atoms. The lowest BCUT2D eigenvalue weighted by molar-refractivity contribution is 0.0165. The van der Waals surface area contributed by atoms with Gasteiger partial charge >= 0.3 is 6.09 Å². The summed E-state index contributed by atoms with van der Waals surface area (Å²) in [6.07, 6.45) is 4.88. The number of likely N-dealkylation sites (N-methyl/N-ethyl adjacent to an activating group) is 1. The van der Waals surface area contributed by atoms with Gasteiger partial charge in [0.2, 0.25) is 0 Å². The number of methoxy groups -OCH3 is 1. The highest BCUT2D eigenvalue weighted by atomic mass is 32.1. The van der Waals surface area contributed by atoms with Crippen LogP contribution < -0.4 is 14.8 Å². The van der Waals surface area contributed by atoms with Gasteiger partial charge in [-0.25, -0.2) is 19.4 Å². The van der Waals surface area contributed by atoms with Crippen molar-refractivity contribution in [1.29, 1.82) is 0 Å². The number of carbonyl (C=O) groups is 2. The van der Waals surface area contributed by atoms with Crippen molar-refractivity contribution in [2.45, 2.75) is 65.1 Å². The summed E-state index contributed by atoms with van der Waals surface area (Å²) in [6, 6.07) is 16.9. The van der Waals surface area contributed by atoms with Gasteiger partial charge in [0.05, 0.1) is 30.4 Å². The summed E-state index contributed by atoms with van der Waals surface area (Å²) in [5.41, 5.74) is 3.61. The van der Waals surface area contributed by atoms with Crippen LogP contribution in [0.15, 0.2) is 60.8 Å². The van der Waals surface area contributed by atoms with Crippen LogP contribution in [0.2, 0.25) is 0 Å². The van der Waals surface area contributed by atoms with Gasteiger partial charge in [0.15, 0.2) is 10.8 Å². The first-order valence-electron chi connectivity index (χ1n) is 17.7. The number of benzene rings is 2. The van der Waals surface area contributed by atoms with E-state index in [4.69, 9.17) is 24.3 Å². The second-order valence-corrected chi connectivity index (χ2v) is 15.6. The van der Waals surface area contributed by atoms with Crippen molar-refractivity contribution in [3.8, 4) is 17.2 Å². The number of hydrogen-bond acceptors (Lipinski definition) is 10. The molecule has 2 aliphatic rings. The Bertz CT molecular complexity index is 2050. The van der Waals surface area contributed by atoms with Crippen LogP contribution in [0.1, 0.15) is 65.8 Å². The van der Waals surface area contributed by atoms with Crippen LogP contribution in [-0.2, 0) is 30.7 Å². The second-order valence-electron chi connectivity index (χ2n) is 14.6. The predicted octanol–water partition coefficient (Wildman–Crippen LogP) is 7.17. The minimum Gasteiger partial charge on any atom is -0.497 e. The molecule has 2 amide bonds. The normalized spacial score (nSPS) is 16.4. The van der Waals surface area contributed by atoms with Crippen molar-refractivity contribution in [2.24, 2.45) is 5.92 Å². The van der Waals surface area contributed by atoms with Gasteiger partial charge in [0, 0.05) is 42.8 Å². The SMILES string of the molecule is COc1ccc(Cn2nc(C[C@@H]3CCCN(C(=O)OC(C)(C)C)C3)c3c(Oc4ccc(C(=O)Nc5nc6c(s5)CCN(C)C6)cc4)ccnc32)cc1. The topological polar surface area (TPSA) is 124 Å². The molecule has 1 atom stereocenters. The van der Waals surface area contributed by atoms with E-state index in [-0.39, 0.29) is 17.9 Å². The molecule has 3 aromatic heterocycles. The Morgan fingerprint density at radius 1 is 1.02 bits per heavy atom. The molecule has 1 N–H and O–H groups in total. The molecule has 272 valence electrons. The lowest BCUT2D eigenvalue weighted by atomic mass is 9.93. The number of pyridine rings is 1. The molecule has 1 saturated heterocycles. The van der Waals surface area contributed by atoms with Gasteiger partial charge in [-0.15, -0.1) is 11.3 Å². The Morgan fingerprint density at radius 3 is 2.54 bits per heavy atom. The van der Waals surface area contributed by atoms with E-state index in [1.807, 2.05) is 60.7 Å². The number of carbonyl (C=O) groups excluding carboxylic acids is 2. The summed E-state index contributed by atoms with van der Waals surface area (Å²) >= 11 is 1.55. The number of anilines is 1. The van der Waals surface area contributed by atoms with Gasteiger partial charge in [-0.05, 0) is 107 Å². The van der Waals surface area contributed by atoms with Gasteiger partial charge < -0.3 is 24.0 Å². The Morgan fingerprint density at radius 2 is 1.79 bits per heavy atom. The Kier molecular flexibility index (Phi) is 10.2. The maximum atomic E-state index is 13.1. The number of nitrogens with one attached hydrogen (secondary N) is 1. The largest absolute Gasteiger partial charge is 0.497 e. The summed E-state index contributed by atoms with van der Waals surface area (Å²) < 4.78 is 19.5. The Labute approximate surface area is 307 Å². The second kappa shape index (κ2) is 14.9. The van der Waals surface area contributed by atoms with E-state index < -0.39 is 5.60 Å². The van der Waals surface area contributed by atoms with Crippen LogP contribution in [0, 0.1) is 5.92 Å². The molecule has 5 aromatic rings. The summed E-state index contributed by atoms with van der Waals surface area (Å²) in [5.74, 6) is 1.96. The third-order valence-electron chi connectivity index (χ3n) is 9.29. The molecule has 2 aliphatic heterocycles. The van der Waals surface area contributed by atoms with Crippen molar-refractivity contribution in [3.63, 3.8) is 0 Å². The van der Waals surface area contributed by atoms with E-state index in [0.717, 1.165) is 60.4 Å². The number of piperidine rings is 1. The minimum atomic E-state index is -0.557. The molecule has 2 aromatic carbocycles. The van der Waals surface area contributed by atoms with Crippen LogP contribution in [0.5, 0.6) is 17.2 Å². The Hall–Kier alpha value is -5.01. The van der Waals surface area contributed by atoms with E-state index in [9.17, 15) is 9.59 Å². The Balaban J connectivity index is 1.12. The van der Waals surface area contributed by atoms with Crippen LogP contribution in [0.25, 0.3) is 11.0 Å². The average Bonchev–Trinajstić information content (AvgIpc) is 3.68. The summed E-state index contributed by atoms with van der Waals surface area (Å²) in [7, 11) is 3.73. The monoisotopic (exact) mass is 723 g/mol. The molecule has 5 heterocycles. The van der Waals surface area contributed by atoms with Crippen LogP contribution in [0.3, 0.4) is 0 Å². The van der Waals surface area contributed by atoms with Gasteiger partial charge in [0.25, 0.3) is 5.91 Å². The summed E-state index contributed by atoms with van der Waals surface area (Å²) in [6.45, 7) is 9.21. The summed E-state index contributed by atoms with van der Waals surface area (Å²) in [4.78, 5) is 40.8. The molecule has 0 radical (unpaired) electrons. The number of hydrogen-bond donors (Lipinski definition) is 1. The highest BCUT2D eigenvalue weighted by Crippen LogP contribution is 2.35. The van der Waals surface area contributed by atoms with Crippen molar-refractivity contribution in [1.82, 2.24) is 29.5 Å². The van der Waals surface area contributed by atoms with Crippen LogP contribution in [0.4, 0.5) is 9.93 Å². The molecule has 12 nitrogen and oxygen atoms in total. The van der Waals surface area contributed by atoms with E-state index in [1.54, 1.807) is 48.9 Å².